The van der Waals surface area contributed by atoms with Gasteiger partial charge in [0, 0.05) is 25.2 Å². The summed E-state index contributed by atoms with van der Waals surface area (Å²) in [7, 11) is 0. The Morgan fingerprint density at radius 2 is 1.31 bits per heavy atom. The Labute approximate surface area is 203 Å². The molecule has 3 aromatic rings. The number of nitrogens with one attached hydrogen (secondary N) is 3. The van der Waals surface area contributed by atoms with Crippen molar-refractivity contribution in [1.82, 2.24) is 5.32 Å². The van der Waals surface area contributed by atoms with Gasteiger partial charge in [0.2, 0.25) is 11.8 Å². The van der Waals surface area contributed by atoms with Gasteiger partial charge in [-0.15, -0.1) is 0 Å². The lowest BCUT2D eigenvalue weighted by Gasteiger charge is -2.19. The monoisotopic (exact) mass is 473 g/mol. The fraction of sp³-hybridized carbons (Fsp3) is 0.185. The molecule has 0 radical (unpaired) electrons. The van der Waals surface area contributed by atoms with E-state index in [1.54, 1.807) is 0 Å². The summed E-state index contributed by atoms with van der Waals surface area (Å²) >= 11 is 0. The maximum absolute atomic E-state index is 12.7. The normalized spacial score (nSPS) is 11.1. The lowest BCUT2D eigenvalue weighted by Crippen LogP contribution is -2.33. The minimum Gasteiger partial charge on any atom is -0.452 e. The molecule has 0 fully saturated rings. The van der Waals surface area contributed by atoms with E-state index in [2.05, 4.69) is 16.0 Å². The van der Waals surface area contributed by atoms with Gasteiger partial charge in [-0.25, -0.2) is 4.79 Å². The van der Waals surface area contributed by atoms with Crippen LogP contribution in [0.3, 0.4) is 0 Å². The molecular formula is C27H27N3O5. The molecule has 8 nitrogen and oxygen atoms in total. The maximum atomic E-state index is 12.7. The van der Waals surface area contributed by atoms with Gasteiger partial charge in [-0.3, -0.25) is 14.4 Å². The Morgan fingerprint density at radius 3 is 1.86 bits per heavy atom. The quantitative estimate of drug-likeness (QED) is 0.409. The second kappa shape index (κ2) is 12.1. The topological polar surface area (TPSA) is 114 Å². The molecule has 0 aliphatic heterocycles. The zero-order valence-corrected chi connectivity index (χ0v) is 19.5. The largest absolute Gasteiger partial charge is 0.452 e. The number of rotatable bonds is 9. The van der Waals surface area contributed by atoms with E-state index in [-0.39, 0.29) is 23.4 Å². The van der Waals surface area contributed by atoms with E-state index in [0.717, 1.165) is 11.1 Å². The lowest BCUT2D eigenvalue weighted by molar-refractivity contribution is -0.125. The van der Waals surface area contributed by atoms with Crippen molar-refractivity contribution in [2.45, 2.75) is 26.3 Å². The molecule has 3 amide bonds. The van der Waals surface area contributed by atoms with Crippen LogP contribution in [-0.4, -0.2) is 30.3 Å². The molecule has 0 bridgehead atoms. The van der Waals surface area contributed by atoms with Gasteiger partial charge in [0.25, 0.3) is 5.91 Å². The maximum Gasteiger partial charge on any atom is 0.338 e. The number of carbonyl (C=O) groups is 4. The first kappa shape index (κ1) is 25.2. The smallest absolute Gasteiger partial charge is 0.338 e. The summed E-state index contributed by atoms with van der Waals surface area (Å²) in [4.78, 5) is 48.2. The van der Waals surface area contributed by atoms with Crippen molar-refractivity contribution in [3.63, 3.8) is 0 Å². The van der Waals surface area contributed by atoms with Crippen LogP contribution < -0.4 is 16.0 Å². The van der Waals surface area contributed by atoms with E-state index in [0.29, 0.717) is 17.8 Å². The van der Waals surface area contributed by atoms with Crippen LogP contribution in [0.25, 0.3) is 0 Å². The van der Waals surface area contributed by atoms with Gasteiger partial charge in [-0.1, -0.05) is 60.7 Å². The minimum atomic E-state index is -0.765. The number of carbonyl (C=O) groups excluding carboxylic acids is 4. The molecule has 1 unspecified atom stereocenters. The van der Waals surface area contributed by atoms with Crippen LogP contribution in [0.4, 0.5) is 11.4 Å². The fourth-order valence-corrected chi connectivity index (χ4v) is 3.53. The summed E-state index contributed by atoms with van der Waals surface area (Å²) in [5, 5.41) is 8.07. The van der Waals surface area contributed by atoms with E-state index >= 15 is 0 Å². The van der Waals surface area contributed by atoms with Gasteiger partial charge in [0.1, 0.15) is 0 Å². The van der Waals surface area contributed by atoms with Crippen LogP contribution in [0.2, 0.25) is 0 Å². The highest BCUT2D eigenvalue weighted by atomic mass is 16.5. The number of amides is 3. The predicted octanol–water partition coefficient (Wildman–Crippen LogP) is 3.86. The molecule has 3 aromatic carbocycles. The molecule has 0 heterocycles. The van der Waals surface area contributed by atoms with Gasteiger partial charge in [0.15, 0.2) is 6.61 Å². The second-order valence-corrected chi connectivity index (χ2v) is 7.96. The van der Waals surface area contributed by atoms with Gasteiger partial charge in [-0.05, 0) is 35.7 Å². The molecule has 1 atom stereocenters. The highest BCUT2D eigenvalue weighted by molar-refractivity contribution is 5.98. The highest BCUT2D eigenvalue weighted by Gasteiger charge is 2.18. The third kappa shape index (κ3) is 8.12. The standard InChI is InChI=1S/C27H27N3O5/c1-18(31)28-23-14-22(15-24(16-23)29-19(2)32)27(34)35-17-26(33)30-25(21-11-7-4-8-12-21)13-20-9-5-3-6-10-20/h3-12,14-16,25H,13,17H2,1-2H3,(H,28,31)(H,29,32)(H,30,33). The van der Waals surface area contributed by atoms with Crippen LogP contribution in [-0.2, 0) is 25.5 Å². The van der Waals surface area contributed by atoms with Crippen LogP contribution in [0, 0.1) is 0 Å². The van der Waals surface area contributed by atoms with E-state index in [9.17, 15) is 19.2 Å². The van der Waals surface area contributed by atoms with Crippen molar-refractivity contribution in [3.8, 4) is 0 Å². The Morgan fingerprint density at radius 1 is 0.771 bits per heavy atom. The summed E-state index contributed by atoms with van der Waals surface area (Å²) in [6.45, 7) is 2.16. The van der Waals surface area contributed by atoms with Gasteiger partial charge < -0.3 is 20.7 Å². The Kier molecular flexibility index (Phi) is 8.72. The summed E-state index contributed by atoms with van der Waals surface area (Å²) < 4.78 is 5.22. The molecule has 0 saturated carbocycles. The number of anilines is 2. The van der Waals surface area contributed by atoms with Crippen molar-refractivity contribution in [3.05, 3.63) is 95.6 Å². The van der Waals surface area contributed by atoms with Crippen molar-refractivity contribution >= 4 is 35.1 Å². The molecule has 3 rings (SSSR count). The summed E-state index contributed by atoms with van der Waals surface area (Å²) in [6, 6.07) is 23.3. The van der Waals surface area contributed by atoms with Crippen molar-refractivity contribution < 1.29 is 23.9 Å². The fourth-order valence-electron chi connectivity index (χ4n) is 3.53. The van der Waals surface area contributed by atoms with Gasteiger partial charge in [0.05, 0.1) is 11.6 Å². The first-order chi connectivity index (χ1) is 16.8. The van der Waals surface area contributed by atoms with Crippen molar-refractivity contribution in [2.24, 2.45) is 0 Å². The second-order valence-electron chi connectivity index (χ2n) is 7.96. The number of hydrogen-bond donors (Lipinski definition) is 3. The predicted molar refractivity (Wildman–Crippen MR) is 133 cm³/mol. The molecule has 3 N–H and O–H groups in total. The number of benzene rings is 3. The van der Waals surface area contributed by atoms with Crippen molar-refractivity contribution in [1.29, 1.82) is 0 Å². The highest BCUT2D eigenvalue weighted by Crippen LogP contribution is 2.21. The first-order valence-corrected chi connectivity index (χ1v) is 11.1. The van der Waals surface area contributed by atoms with Crippen LogP contribution in [0.15, 0.2) is 78.9 Å². The van der Waals surface area contributed by atoms with Gasteiger partial charge >= 0.3 is 5.97 Å². The lowest BCUT2D eigenvalue weighted by atomic mass is 9.99. The van der Waals surface area contributed by atoms with E-state index in [1.807, 2.05) is 60.7 Å². The molecule has 0 aliphatic carbocycles. The molecule has 35 heavy (non-hydrogen) atoms. The third-order valence-electron chi connectivity index (χ3n) is 4.96. The number of ether oxygens (including phenoxy) is 1. The Balaban J connectivity index is 1.68. The van der Waals surface area contributed by atoms with E-state index in [4.69, 9.17) is 4.74 Å². The van der Waals surface area contributed by atoms with Gasteiger partial charge in [-0.2, -0.15) is 0 Å². The minimum absolute atomic E-state index is 0.0803. The zero-order chi connectivity index (χ0) is 25.2. The molecular weight excluding hydrogens is 446 g/mol. The number of esters is 1. The van der Waals surface area contributed by atoms with Crippen LogP contribution in [0.5, 0.6) is 0 Å². The average molecular weight is 474 g/mol. The summed E-state index contributed by atoms with van der Waals surface area (Å²) in [5.41, 5.74) is 2.69. The molecule has 0 aliphatic rings. The molecule has 180 valence electrons. The van der Waals surface area contributed by atoms with Crippen LogP contribution in [0.1, 0.15) is 41.4 Å². The Bertz CT molecular complexity index is 1160. The Hall–Kier alpha value is -4.46. The number of hydrogen-bond acceptors (Lipinski definition) is 5. The molecule has 8 heteroatoms. The molecule has 0 spiro atoms. The SMILES string of the molecule is CC(=O)Nc1cc(NC(C)=O)cc(C(=O)OCC(=O)NC(Cc2ccccc2)c2ccccc2)c1. The van der Waals surface area contributed by atoms with Crippen molar-refractivity contribution in [2.75, 3.05) is 17.2 Å². The first-order valence-electron chi connectivity index (χ1n) is 11.1. The van der Waals surface area contributed by atoms with E-state index < -0.39 is 18.5 Å². The molecule has 0 aromatic heterocycles. The van der Waals surface area contributed by atoms with E-state index in [1.165, 1.54) is 32.0 Å². The average Bonchev–Trinajstić information content (AvgIpc) is 2.82. The molecule has 0 saturated heterocycles. The summed E-state index contributed by atoms with van der Waals surface area (Å²) in [6.07, 6.45) is 0.573. The van der Waals surface area contributed by atoms with Crippen LogP contribution >= 0.6 is 0 Å². The zero-order valence-electron chi connectivity index (χ0n) is 19.5. The summed E-state index contributed by atoms with van der Waals surface area (Å²) in [5.74, 6) is -1.90. The third-order valence-corrected chi connectivity index (χ3v) is 4.96.